The van der Waals surface area contributed by atoms with Gasteiger partial charge in [-0.1, -0.05) is 18.5 Å². The number of halogens is 3. The van der Waals surface area contributed by atoms with E-state index in [-0.39, 0.29) is 11.9 Å². The number of rotatable bonds is 6. The molecule has 0 fully saturated rings. The van der Waals surface area contributed by atoms with Crippen molar-refractivity contribution in [2.24, 2.45) is 0 Å². The Morgan fingerprint density at radius 2 is 2.14 bits per heavy atom. The number of nitrogens with one attached hydrogen (secondary N) is 1. The first-order chi connectivity index (χ1) is 10.0. The molecular weight excluding hydrogens is 373 g/mol. The molecule has 1 nitrogen and oxygen atoms in total. The third-order valence-electron chi connectivity index (χ3n) is 3.29. The molecule has 1 aromatic heterocycles. The molecule has 21 heavy (non-hydrogen) atoms. The van der Waals surface area contributed by atoms with E-state index >= 15 is 0 Å². The van der Waals surface area contributed by atoms with Crippen molar-refractivity contribution in [2.75, 3.05) is 6.54 Å². The second-order valence-corrected chi connectivity index (χ2v) is 7.89. The van der Waals surface area contributed by atoms with Crippen LogP contribution < -0.4 is 5.32 Å². The van der Waals surface area contributed by atoms with E-state index in [0.717, 1.165) is 16.8 Å². The molecule has 2 aromatic rings. The van der Waals surface area contributed by atoms with Crippen LogP contribution in [0.2, 0.25) is 5.02 Å². The molecule has 114 valence electrons. The molecular formula is C16H18BrClFNS. The Balaban J connectivity index is 2.25. The third kappa shape index (κ3) is 4.52. The highest BCUT2D eigenvalue weighted by Crippen LogP contribution is 2.33. The minimum absolute atomic E-state index is 0.105. The van der Waals surface area contributed by atoms with Gasteiger partial charge >= 0.3 is 0 Å². The van der Waals surface area contributed by atoms with E-state index in [1.807, 2.05) is 0 Å². The van der Waals surface area contributed by atoms with Crippen molar-refractivity contribution < 1.29 is 4.39 Å². The first-order valence-corrected chi connectivity index (χ1v) is 8.93. The van der Waals surface area contributed by atoms with Crippen LogP contribution in [0, 0.1) is 12.7 Å². The standard InChI is InChI=1S/C16H18BrClFNS/c1-3-6-20-14(15-7-10(2)16(17)21-15)9-11-8-12(18)4-5-13(11)19/h4-5,7-8,14,20H,3,6,9H2,1-2H3. The molecule has 2 rings (SSSR count). The largest absolute Gasteiger partial charge is 0.309 e. The van der Waals surface area contributed by atoms with Gasteiger partial charge in [-0.3, -0.25) is 0 Å². The predicted octanol–water partition coefficient (Wildman–Crippen LogP) is 5.89. The summed E-state index contributed by atoms with van der Waals surface area (Å²) in [6, 6.07) is 7.00. The zero-order chi connectivity index (χ0) is 15.4. The van der Waals surface area contributed by atoms with E-state index in [1.165, 1.54) is 16.5 Å². The fourth-order valence-electron chi connectivity index (χ4n) is 2.17. The quantitative estimate of drug-likeness (QED) is 0.648. The van der Waals surface area contributed by atoms with Gasteiger partial charge in [-0.25, -0.2) is 4.39 Å². The lowest BCUT2D eigenvalue weighted by Gasteiger charge is -2.18. The summed E-state index contributed by atoms with van der Waals surface area (Å²) in [5.41, 5.74) is 1.86. The highest BCUT2D eigenvalue weighted by Gasteiger charge is 2.17. The molecule has 0 aliphatic carbocycles. The van der Waals surface area contributed by atoms with E-state index < -0.39 is 0 Å². The predicted molar refractivity (Wildman–Crippen MR) is 92.9 cm³/mol. The van der Waals surface area contributed by atoms with Crippen LogP contribution in [-0.2, 0) is 6.42 Å². The molecule has 5 heteroatoms. The number of benzene rings is 1. The van der Waals surface area contributed by atoms with Crippen LogP contribution in [0.3, 0.4) is 0 Å². The fourth-order valence-corrected chi connectivity index (χ4v) is 4.01. The average Bonchev–Trinajstić information content (AvgIpc) is 2.78. The molecule has 0 amide bonds. The van der Waals surface area contributed by atoms with Gasteiger partial charge in [0.2, 0.25) is 0 Å². The minimum atomic E-state index is -0.199. The molecule has 0 bridgehead atoms. The van der Waals surface area contributed by atoms with E-state index in [4.69, 9.17) is 11.6 Å². The summed E-state index contributed by atoms with van der Waals surface area (Å²) in [5.74, 6) is -0.199. The topological polar surface area (TPSA) is 12.0 Å². The number of aryl methyl sites for hydroxylation is 1. The Bertz CT molecular complexity index is 595. The molecule has 1 aromatic carbocycles. The molecule has 1 N–H and O–H groups in total. The second kappa shape index (κ2) is 7.73. The van der Waals surface area contributed by atoms with Gasteiger partial charge in [0.25, 0.3) is 0 Å². The van der Waals surface area contributed by atoms with Crippen LogP contribution in [0.25, 0.3) is 0 Å². The lowest BCUT2D eigenvalue weighted by Crippen LogP contribution is -2.23. The molecule has 0 saturated heterocycles. The highest BCUT2D eigenvalue weighted by molar-refractivity contribution is 9.11. The fraction of sp³-hybridized carbons (Fsp3) is 0.375. The van der Waals surface area contributed by atoms with E-state index in [2.05, 4.69) is 41.2 Å². The normalized spacial score (nSPS) is 12.6. The van der Waals surface area contributed by atoms with Gasteiger partial charge in [0.05, 0.1) is 3.79 Å². The molecule has 0 saturated carbocycles. The van der Waals surface area contributed by atoms with Crippen LogP contribution in [0.1, 0.15) is 35.4 Å². The van der Waals surface area contributed by atoms with Crippen LogP contribution >= 0.6 is 38.9 Å². The Hall–Kier alpha value is -0.420. The molecule has 1 unspecified atom stereocenters. The maximum atomic E-state index is 14.0. The molecule has 0 aliphatic heterocycles. The Morgan fingerprint density at radius 3 is 2.76 bits per heavy atom. The monoisotopic (exact) mass is 389 g/mol. The van der Waals surface area contributed by atoms with Gasteiger partial charge < -0.3 is 5.32 Å². The van der Waals surface area contributed by atoms with Gasteiger partial charge in [0.1, 0.15) is 5.82 Å². The molecule has 1 heterocycles. The van der Waals surface area contributed by atoms with Crippen molar-refractivity contribution in [2.45, 2.75) is 32.7 Å². The van der Waals surface area contributed by atoms with Crippen LogP contribution in [-0.4, -0.2) is 6.54 Å². The Labute approximate surface area is 142 Å². The number of hydrogen-bond donors (Lipinski definition) is 1. The van der Waals surface area contributed by atoms with Gasteiger partial charge in [-0.05, 0) is 77.6 Å². The van der Waals surface area contributed by atoms with E-state index in [0.29, 0.717) is 17.0 Å². The van der Waals surface area contributed by atoms with Crippen molar-refractivity contribution in [3.63, 3.8) is 0 Å². The van der Waals surface area contributed by atoms with Gasteiger partial charge in [-0.2, -0.15) is 0 Å². The molecule has 1 atom stereocenters. The average molecular weight is 391 g/mol. The summed E-state index contributed by atoms with van der Waals surface area (Å²) in [5, 5.41) is 4.07. The SMILES string of the molecule is CCCNC(Cc1cc(Cl)ccc1F)c1cc(C)c(Br)s1. The summed E-state index contributed by atoms with van der Waals surface area (Å²) in [6.45, 7) is 5.10. The lowest BCUT2D eigenvalue weighted by atomic mass is 10.0. The van der Waals surface area contributed by atoms with Gasteiger partial charge in [0, 0.05) is 15.9 Å². The first-order valence-electron chi connectivity index (χ1n) is 6.94. The third-order valence-corrected chi connectivity index (χ3v) is 5.78. The summed E-state index contributed by atoms with van der Waals surface area (Å²) in [6.07, 6.45) is 1.64. The minimum Gasteiger partial charge on any atom is -0.309 e. The number of hydrogen-bond acceptors (Lipinski definition) is 2. The highest BCUT2D eigenvalue weighted by atomic mass is 79.9. The number of thiophene rings is 1. The van der Waals surface area contributed by atoms with Crippen LogP contribution in [0.15, 0.2) is 28.1 Å². The van der Waals surface area contributed by atoms with Crippen molar-refractivity contribution in [3.05, 3.63) is 54.9 Å². The van der Waals surface area contributed by atoms with E-state index in [1.54, 1.807) is 23.5 Å². The van der Waals surface area contributed by atoms with Crippen molar-refractivity contribution in [1.82, 2.24) is 5.32 Å². The molecule has 0 spiro atoms. The smallest absolute Gasteiger partial charge is 0.126 e. The van der Waals surface area contributed by atoms with Gasteiger partial charge in [-0.15, -0.1) is 11.3 Å². The van der Waals surface area contributed by atoms with Crippen LogP contribution in [0.5, 0.6) is 0 Å². The maximum absolute atomic E-state index is 14.0. The van der Waals surface area contributed by atoms with Crippen molar-refractivity contribution in [1.29, 1.82) is 0 Å². The lowest BCUT2D eigenvalue weighted by molar-refractivity contribution is 0.519. The van der Waals surface area contributed by atoms with Gasteiger partial charge in [0.15, 0.2) is 0 Å². The summed E-state index contributed by atoms with van der Waals surface area (Å²) in [4.78, 5) is 1.22. The summed E-state index contributed by atoms with van der Waals surface area (Å²) in [7, 11) is 0. The zero-order valence-corrected chi connectivity index (χ0v) is 15.2. The van der Waals surface area contributed by atoms with Crippen molar-refractivity contribution in [3.8, 4) is 0 Å². The second-order valence-electron chi connectivity index (χ2n) is 5.05. The Kier molecular flexibility index (Phi) is 6.23. The Morgan fingerprint density at radius 1 is 1.38 bits per heavy atom. The van der Waals surface area contributed by atoms with Crippen LogP contribution in [0.4, 0.5) is 4.39 Å². The summed E-state index contributed by atoms with van der Waals surface area (Å²) < 4.78 is 15.1. The van der Waals surface area contributed by atoms with Crippen molar-refractivity contribution >= 4 is 38.9 Å². The van der Waals surface area contributed by atoms with E-state index in [9.17, 15) is 4.39 Å². The first kappa shape index (κ1) is 16.9. The summed E-state index contributed by atoms with van der Waals surface area (Å²) >= 11 is 11.2. The molecule has 0 radical (unpaired) electrons. The maximum Gasteiger partial charge on any atom is 0.126 e. The zero-order valence-electron chi connectivity index (χ0n) is 12.1. The molecule has 0 aliphatic rings.